The highest BCUT2D eigenvalue weighted by atomic mass is 16.5. The number of pyridine rings is 1. The standard InChI is InChI=1S/C14H14NO2/c1-3-17-14-9-11(6-7-13(14)16-2)12-5-4-8-15-10-12/h5-10H,3H2,1-2H3. The highest BCUT2D eigenvalue weighted by Crippen LogP contribution is 2.32. The Hall–Kier alpha value is -2.03. The third kappa shape index (κ3) is 2.56. The minimum Gasteiger partial charge on any atom is -0.493 e. The summed E-state index contributed by atoms with van der Waals surface area (Å²) >= 11 is 0. The Bertz CT molecular complexity index is 483. The molecule has 0 aliphatic heterocycles. The van der Waals surface area contributed by atoms with Crippen molar-refractivity contribution in [2.24, 2.45) is 0 Å². The molecule has 0 bridgehead atoms. The summed E-state index contributed by atoms with van der Waals surface area (Å²) < 4.78 is 10.8. The van der Waals surface area contributed by atoms with Crippen molar-refractivity contribution in [2.45, 2.75) is 6.92 Å². The van der Waals surface area contributed by atoms with Gasteiger partial charge in [0.05, 0.1) is 13.7 Å². The van der Waals surface area contributed by atoms with E-state index >= 15 is 0 Å². The van der Waals surface area contributed by atoms with E-state index in [1.54, 1.807) is 19.5 Å². The lowest BCUT2D eigenvalue weighted by Crippen LogP contribution is -1.95. The van der Waals surface area contributed by atoms with Gasteiger partial charge in [-0.05, 0) is 30.7 Å². The zero-order valence-electron chi connectivity index (χ0n) is 9.93. The van der Waals surface area contributed by atoms with Gasteiger partial charge >= 0.3 is 0 Å². The van der Waals surface area contributed by atoms with E-state index in [0.717, 1.165) is 22.6 Å². The third-order valence-electron chi connectivity index (χ3n) is 2.40. The summed E-state index contributed by atoms with van der Waals surface area (Å²) in [5.41, 5.74) is 2.05. The normalized spacial score (nSPS) is 10.0. The van der Waals surface area contributed by atoms with Crippen LogP contribution in [0.5, 0.6) is 11.5 Å². The molecule has 1 aromatic carbocycles. The van der Waals surface area contributed by atoms with Crippen LogP contribution in [0.25, 0.3) is 11.1 Å². The molecule has 0 aliphatic rings. The van der Waals surface area contributed by atoms with Crippen LogP contribution in [-0.2, 0) is 0 Å². The van der Waals surface area contributed by atoms with Crippen LogP contribution in [0.2, 0.25) is 0 Å². The minimum atomic E-state index is 0.610. The molecule has 87 valence electrons. The Morgan fingerprint density at radius 2 is 2.12 bits per heavy atom. The lowest BCUT2D eigenvalue weighted by Gasteiger charge is -2.10. The first-order valence-corrected chi connectivity index (χ1v) is 5.47. The Kier molecular flexibility index (Phi) is 3.60. The molecule has 2 rings (SSSR count). The molecule has 0 N–H and O–H groups in total. The predicted molar refractivity (Wildman–Crippen MR) is 66.2 cm³/mol. The summed E-state index contributed by atoms with van der Waals surface area (Å²) in [6.07, 6.45) is 3.44. The number of methoxy groups -OCH3 is 1. The van der Waals surface area contributed by atoms with Gasteiger partial charge in [0.1, 0.15) is 0 Å². The number of nitrogens with zero attached hydrogens (tertiary/aromatic N) is 1. The molecule has 2 aromatic rings. The number of aromatic nitrogens is 1. The van der Waals surface area contributed by atoms with Gasteiger partial charge in [-0.15, -0.1) is 0 Å². The van der Waals surface area contributed by atoms with E-state index in [4.69, 9.17) is 9.47 Å². The zero-order valence-corrected chi connectivity index (χ0v) is 9.93. The first-order chi connectivity index (χ1) is 8.35. The van der Waals surface area contributed by atoms with E-state index in [-0.39, 0.29) is 0 Å². The quantitative estimate of drug-likeness (QED) is 0.806. The van der Waals surface area contributed by atoms with Crippen LogP contribution in [0.15, 0.2) is 36.7 Å². The fourth-order valence-corrected chi connectivity index (χ4v) is 1.61. The molecule has 1 aromatic heterocycles. The van der Waals surface area contributed by atoms with E-state index in [1.807, 2.05) is 31.2 Å². The fourth-order valence-electron chi connectivity index (χ4n) is 1.61. The van der Waals surface area contributed by atoms with Crippen LogP contribution in [-0.4, -0.2) is 18.7 Å². The largest absolute Gasteiger partial charge is 0.493 e. The maximum absolute atomic E-state index is 5.53. The number of hydrogen-bond acceptors (Lipinski definition) is 3. The molecule has 0 amide bonds. The molecule has 1 heterocycles. The molecule has 17 heavy (non-hydrogen) atoms. The van der Waals surface area contributed by atoms with Gasteiger partial charge in [0.25, 0.3) is 0 Å². The Morgan fingerprint density at radius 1 is 1.24 bits per heavy atom. The average Bonchev–Trinajstić information content (AvgIpc) is 2.40. The van der Waals surface area contributed by atoms with E-state index in [1.165, 1.54) is 0 Å². The molecule has 0 saturated heterocycles. The second-order valence-corrected chi connectivity index (χ2v) is 3.47. The Morgan fingerprint density at radius 3 is 2.76 bits per heavy atom. The molecule has 0 saturated carbocycles. The van der Waals surface area contributed by atoms with Gasteiger partial charge in [0, 0.05) is 24.0 Å². The first kappa shape index (κ1) is 11.5. The zero-order chi connectivity index (χ0) is 12.1. The van der Waals surface area contributed by atoms with Crippen LogP contribution in [0.3, 0.4) is 0 Å². The van der Waals surface area contributed by atoms with Gasteiger partial charge in [-0.1, -0.05) is 6.07 Å². The Labute approximate surface area is 101 Å². The molecule has 0 unspecified atom stereocenters. The second-order valence-electron chi connectivity index (χ2n) is 3.47. The van der Waals surface area contributed by atoms with Crippen LogP contribution in [0.4, 0.5) is 0 Å². The molecule has 1 radical (unpaired) electrons. The van der Waals surface area contributed by atoms with E-state index in [2.05, 4.69) is 11.1 Å². The van der Waals surface area contributed by atoms with Gasteiger partial charge in [0.15, 0.2) is 11.5 Å². The first-order valence-electron chi connectivity index (χ1n) is 5.47. The SMILES string of the molecule is CCOc1cc(-c2c[c]cnc2)ccc1OC. The van der Waals surface area contributed by atoms with Crippen molar-refractivity contribution in [1.29, 1.82) is 0 Å². The summed E-state index contributed by atoms with van der Waals surface area (Å²) in [4.78, 5) is 4.05. The van der Waals surface area contributed by atoms with Gasteiger partial charge in [-0.2, -0.15) is 0 Å². The molecule has 3 nitrogen and oxygen atoms in total. The van der Waals surface area contributed by atoms with Crippen molar-refractivity contribution < 1.29 is 9.47 Å². The van der Waals surface area contributed by atoms with Crippen molar-refractivity contribution in [3.63, 3.8) is 0 Å². The van der Waals surface area contributed by atoms with Crippen molar-refractivity contribution in [3.05, 3.63) is 42.7 Å². The Balaban J connectivity index is 2.40. The van der Waals surface area contributed by atoms with Gasteiger partial charge in [-0.25, -0.2) is 0 Å². The van der Waals surface area contributed by atoms with Crippen molar-refractivity contribution in [2.75, 3.05) is 13.7 Å². The second kappa shape index (κ2) is 5.34. The van der Waals surface area contributed by atoms with Gasteiger partial charge < -0.3 is 9.47 Å². The van der Waals surface area contributed by atoms with Crippen LogP contribution >= 0.6 is 0 Å². The van der Waals surface area contributed by atoms with Gasteiger partial charge in [0.2, 0.25) is 0 Å². The van der Waals surface area contributed by atoms with E-state index < -0.39 is 0 Å². The highest BCUT2D eigenvalue weighted by molar-refractivity contribution is 5.66. The molecule has 0 atom stereocenters. The van der Waals surface area contributed by atoms with Crippen LogP contribution < -0.4 is 9.47 Å². The average molecular weight is 228 g/mol. The van der Waals surface area contributed by atoms with Gasteiger partial charge in [-0.3, -0.25) is 4.98 Å². The molecular weight excluding hydrogens is 214 g/mol. The summed E-state index contributed by atoms with van der Waals surface area (Å²) in [6, 6.07) is 10.7. The van der Waals surface area contributed by atoms with E-state index in [0.29, 0.717) is 6.61 Å². The topological polar surface area (TPSA) is 31.4 Å². The maximum Gasteiger partial charge on any atom is 0.161 e. The summed E-state index contributed by atoms with van der Waals surface area (Å²) in [7, 11) is 1.63. The van der Waals surface area contributed by atoms with Crippen molar-refractivity contribution >= 4 is 0 Å². The molecular formula is C14H14NO2. The smallest absolute Gasteiger partial charge is 0.161 e. The number of hydrogen-bond donors (Lipinski definition) is 0. The molecule has 0 aliphatic carbocycles. The molecule has 3 heteroatoms. The minimum absolute atomic E-state index is 0.610. The third-order valence-corrected chi connectivity index (χ3v) is 2.40. The number of rotatable bonds is 4. The molecule has 0 fully saturated rings. The van der Waals surface area contributed by atoms with Crippen LogP contribution in [0.1, 0.15) is 6.92 Å². The van der Waals surface area contributed by atoms with E-state index in [9.17, 15) is 0 Å². The summed E-state index contributed by atoms with van der Waals surface area (Å²) in [5, 5.41) is 0. The monoisotopic (exact) mass is 228 g/mol. The molecule has 0 spiro atoms. The van der Waals surface area contributed by atoms with Crippen LogP contribution in [0, 0.1) is 6.07 Å². The highest BCUT2D eigenvalue weighted by Gasteiger charge is 2.06. The maximum atomic E-state index is 5.53. The van der Waals surface area contributed by atoms with Crippen molar-refractivity contribution in [1.82, 2.24) is 4.98 Å². The summed E-state index contributed by atoms with van der Waals surface area (Å²) in [5.74, 6) is 1.49. The predicted octanol–water partition coefficient (Wildman–Crippen LogP) is 2.96. The summed E-state index contributed by atoms with van der Waals surface area (Å²) in [6.45, 7) is 2.56. The lowest BCUT2D eigenvalue weighted by atomic mass is 10.1. The number of benzene rings is 1. The number of ether oxygens (including phenoxy) is 2. The fraction of sp³-hybridized carbons (Fsp3) is 0.214. The lowest BCUT2D eigenvalue weighted by molar-refractivity contribution is 0.311. The van der Waals surface area contributed by atoms with Crippen molar-refractivity contribution in [3.8, 4) is 22.6 Å².